The molecule has 0 bridgehead atoms. The fourth-order valence-corrected chi connectivity index (χ4v) is 0.673. The van der Waals surface area contributed by atoms with E-state index in [0.29, 0.717) is 26.3 Å². The second kappa shape index (κ2) is 7.94. The average molecular weight is 162 g/mol. The zero-order chi connectivity index (χ0) is 8.53. The molecule has 68 valence electrons. The Labute approximate surface area is 67.7 Å². The van der Waals surface area contributed by atoms with Gasteiger partial charge in [-0.05, 0) is 6.54 Å². The van der Waals surface area contributed by atoms with Crippen LogP contribution in [0.25, 0.3) is 0 Å². The lowest BCUT2D eigenvalue weighted by Gasteiger charge is -2.10. The normalized spacial score (nSPS) is 13.4. The van der Waals surface area contributed by atoms with Gasteiger partial charge in [-0.3, -0.25) is 0 Å². The van der Waals surface area contributed by atoms with Crippen LogP contribution in [0.1, 0.15) is 6.92 Å². The van der Waals surface area contributed by atoms with E-state index in [-0.39, 0.29) is 0 Å². The Balaban J connectivity index is 3.02. The van der Waals surface area contributed by atoms with Crippen molar-refractivity contribution in [2.75, 3.05) is 32.8 Å². The van der Waals surface area contributed by atoms with E-state index in [1.807, 2.05) is 6.92 Å². The highest BCUT2D eigenvalue weighted by molar-refractivity contribution is 4.56. The third kappa shape index (κ3) is 7.74. The summed E-state index contributed by atoms with van der Waals surface area (Å²) in [5.41, 5.74) is 5.19. The molecule has 0 aliphatic heterocycles. The van der Waals surface area contributed by atoms with E-state index in [4.69, 9.17) is 10.5 Å². The first-order valence-electron chi connectivity index (χ1n) is 3.97. The topological polar surface area (TPSA) is 67.5 Å². The number of hydrogen-bond acceptors (Lipinski definition) is 4. The number of rotatable bonds is 7. The number of ether oxygens (including phenoxy) is 1. The van der Waals surface area contributed by atoms with Gasteiger partial charge < -0.3 is 20.9 Å². The van der Waals surface area contributed by atoms with E-state index in [1.54, 1.807) is 0 Å². The van der Waals surface area contributed by atoms with Gasteiger partial charge in [0, 0.05) is 13.1 Å². The number of nitrogens with one attached hydrogen (secondary N) is 1. The maximum atomic E-state index is 9.18. The minimum atomic E-state index is -0.415. The highest BCUT2D eigenvalue weighted by Gasteiger charge is 2.01. The largest absolute Gasteiger partial charge is 0.389 e. The number of aliphatic hydroxyl groups is 1. The molecule has 0 saturated heterocycles. The summed E-state index contributed by atoms with van der Waals surface area (Å²) in [7, 11) is 0. The Hall–Kier alpha value is -0.160. The summed E-state index contributed by atoms with van der Waals surface area (Å²) in [6.45, 7) is 4.84. The van der Waals surface area contributed by atoms with Crippen LogP contribution in [-0.4, -0.2) is 44.1 Å². The molecule has 0 aromatic rings. The Morgan fingerprint density at radius 1 is 1.64 bits per heavy atom. The van der Waals surface area contributed by atoms with Crippen molar-refractivity contribution in [1.29, 1.82) is 0 Å². The quantitative estimate of drug-likeness (QED) is 0.417. The third-order valence-corrected chi connectivity index (χ3v) is 1.20. The van der Waals surface area contributed by atoms with Crippen molar-refractivity contribution in [3.05, 3.63) is 0 Å². The lowest BCUT2D eigenvalue weighted by atomic mass is 10.4. The Morgan fingerprint density at radius 2 is 2.36 bits per heavy atom. The second-order valence-corrected chi connectivity index (χ2v) is 2.33. The smallest absolute Gasteiger partial charge is 0.0897 e. The number of nitrogens with two attached hydrogens (primary N) is 1. The number of hydrogen-bond donors (Lipinski definition) is 3. The van der Waals surface area contributed by atoms with Crippen molar-refractivity contribution in [2.45, 2.75) is 13.0 Å². The van der Waals surface area contributed by atoms with Crippen LogP contribution in [0, 0.1) is 0 Å². The molecule has 0 rings (SSSR count). The minimum absolute atomic E-state index is 0.365. The molecule has 0 radical (unpaired) electrons. The first-order valence-corrected chi connectivity index (χ1v) is 3.97. The summed E-state index contributed by atoms with van der Waals surface area (Å²) in [5.74, 6) is 0. The average Bonchev–Trinajstić information content (AvgIpc) is 2.01. The number of likely N-dealkylation sites (N-methyl/N-ethyl adjacent to an activating group) is 1. The van der Waals surface area contributed by atoms with Crippen molar-refractivity contribution in [1.82, 2.24) is 5.32 Å². The lowest BCUT2D eigenvalue weighted by molar-refractivity contribution is 0.0407. The van der Waals surface area contributed by atoms with Crippen LogP contribution in [-0.2, 0) is 4.74 Å². The zero-order valence-corrected chi connectivity index (χ0v) is 7.05. The molecule has 1 atom stereocenters. The van der Waals surface area contributed by atoms with Gasteiger partial charge in [0.15, 0.2) is 0 Å². The van der Waals surface area contributed by atoms with Gasteiger partial charge in [-0.2, -0.15) is 0 Å². The molecule has 4 heteroatoms. The molecule has 11 heavy (non-hydrogen) atoms. The molecule has 0 aromatic heterocycles. The van der Waals surface area contributed by atoms with E-state index in [1.165, 1.54) is 0 Å². The van der Waals surface area contributed by atoms with E-state index >= 15 is 0 Å². The maximum Gasteiger partial charge on any atom is 0.0897 e. The second-order valence-electron chi connectivity index (χ2n) is 2.33. The van der Waals surface area contributed by atoms with Crippen LogP contribution < -0.4 is 11.1 Å². The van der Waals surface area contributed by atoms with Crippen molar-refractivity contribution in [2.24, 2.45) is 5.73 Å². The van der Waals surface area contributed by atoms with Gasteiger partial charge in [0.05, 0.1) is 19.3 Å². The SMILES string of the molecule is CCNCC(O)COCCN. The summed E-state index contributed by atoms with van der Waals surface area (Å²) in [6.07, 6.45) is -0.415. The molecule has 0 amide bonds. The predicted molar refractivity (Wildman–Crippen MR) is 44.4 cm³/mol. The Morgan fingerprint density at radius 3 is 2.91 bits per heavy atom. The van der Waals surface area contributed by atoms with Gasteiger partial charge in [-0.15, -0.1) is 0 Å². The molecule has 4 N–H and O–H groups in total. The van der Waals surface area contributed by atoms with Gasteiger partial charge in [0.1, 0.15) is 0 Å². The van der Waals surface area contributed by atoms with Gasteiger partial charge in [-0.1, -0.05) is 6.92 Å². The van der Waals surface area contributed by atoms with Crippen LogP contribution in [0.3, 0.4) is 0 Å². The fraction of sp³-hybridized carbons (Fsp3) is 1.00. The summed E-state index contributed by atoms with van der Waals surface area (Å²) in [4.78, 5) is 0. The molecule has 0 spiro atoms. The summed E-state index contributed by atoms with van der Waals surface area (Å²) in [6, 6.07) is 0. The Kier molecular flexibility index (Phi) is 7.83. The van der Waals surface area contributed by atoms with Crippen LogP contribution in [0.2, 0.25) is 0 Å². The van der Waals surface area contributed by atoms with Crippen molar-refractivity contribution >= 4 is 0 Å². The number of aliphatic hydroxyl groups excluding tert-OH is 1. The van der Waals surface area contributed by atoms with Crippen LogP contribution in [0.5, 0.6) is 0 Å². The first kappa shape index (κ1) is 10.8. The molecule has 0 saturated carbocycles. The maximum absolute atomic E-state index is 9.18. The van der Waals surface area contributed by atoms with Crippen LogP contribution >= 0.6 is 0 Å². The molecular formula is C7H18N2O2. The van der Waals surface area contributed by atoms with E-state index in [2.05, 4.69) is 5.32 Å². The van der Waals surface area contributed by atoms with E-state index in [9.17, 15) is 5.11 Å². The molecule has 1 unspecified atom stereocenters. The Bertz CT molecular complexity index is 80.8. The van der Waals surface area contributed by atoms with Crippen molar-refractivity contribution < 1.29 is 9.84 Å². The molecule has 0 heterocycles. The fourth-order valence-electron chi connectivity index (χ4n) is 0.673. The van der Waals surface area contributed by atoms with E-state index < -0.39 is 6.10 Å². The molecule has 0 aliphatic rings. The van der Waals surface area contributed by atoms with Gasteiger partial charge in [0.2, 0.25) is 0 Å². The highest BCUT2D eigenvalue weighted by Crippen LogP contribution is 1.82. The lowest BCUT2D eigenvalue weighted by Crippen LogP contribution is -2.30. The summed E-state index contributed by atoms with van der Waals surface area (Å²) in [5, 5.41) is 12.2. The third-order valence-electron chi connectivity index (χ3n) is 1.20. The van der Waals surface area contributed by atoms with Gasteiger partial charge in [-0.25, -0.2) is 0 Å². The standard InChI is InChI=1S/C7H18N2O2/c1-2-9-5-7(10)6-11-4-3-8/h7,9-10H,2-6,8H2,1H3. The van der Waals surface area contributed by atoms with Gasteiger partial charge >= 0.3 is 0 Å². The zero-order valence-electron chi connectivity index (χ0n) is 7.05. The summed E-state index contributed by atoms with van der Waals surface area (Å²) >= 11 is 0. The monoisotopic (exact) mass is 162 g/mol. The van der Waals surface area contributed by atoms with E-state index in [0.717, 1.165) is 6.54 Å². The minimum Gasteiger partial charge on any atom is -0.389 e. The summed E-state index contributed by atoms with van der Waals surface area (Å²) < 4.78 is 5.03. The van der Waals surface area contributed by atoms with Crippen molar-refractivity contribution in [3.8, 4) is 0 Å². The molecule has 0 fully saturated rings. The van der Waals surface area contributed by atoms with Gasteiger partial charge in [0.25, 0.3) is 0 Å². The molecule has 0 aromatic carbocycles. The molecular weight excluding hydrogens is 144 g/mol. The predicted octanol–water partition coefficient (Wildman–Crippen LogP) is -1.07. The molecule has 0 aliphatic carbocycles. The molecule has 4 nitrogen and oxygen atoms in total. The highest BCUT2D eigenvalue weighted by atomic mass is 16.5. The first-order chi connectivity index (χ1) is 5.31. The van der Waals surface area contributed by atoms with Crippen LogP contribution in [0.4, 0.5) is 0 Å². The van der Waals surface area contributed by atoms with Crippen molar-refractivity contribution in [3.63, 3.8) is 0 Å². The van der Waals surface area contributed by atoms with Crippen LogP contribution in [0.15, 0.2) is 0 Å².